The van der Waals surface area contributed by atoms with Crippen LogP contribution in [-0.4, -0.2) is 9.97 Å². The van der Waals surface area contributed by atoms with E-state index in [9.17, 15) is 4.39 Å². The van der Waals surface area contributed by atoms with Crippen LogP contribution in [0.2, 0.25) is 0 Å². The zero-order valence-electron chi connectivity index (χ0n) is 9.35. The second-order valence-corrected chi connectivity index (χ2v) is 4.55. The molecule has 0 aliphatic carbocycles. The van der Waals surface area contributed by atoms with Gasteiger partial charge in [0.2, 0.25) is 0 Å². The lowest BCUT2D eigenvalue weighted by atomic mass is 10.4. The minimum atomic E-state index is -0.257. The first-order chi connectivity index (χ1) is 8.17. The lowest BCUT2D eigenvalue weighted by Gasteiger charge is -2.04. The first kappa shape index (κ1) is 11.9. The number of hydrogen-bond donors (Lipinski definition) is 1. The molecule has 88 valence electrons. The number of hydrogen-bond acceptors (Lipinski definition) is 4. The fraction of sp³-hybridized carbons (Fsp3) is 0.167. The van der Waals surface area contributed by atoms with E-state index in [0.29, 0.717) is 11.6 Å². The van der Waals surface area contributed by atoms with Crippen molar-refractivity contribution in [1.82, 2.24) is 9.97 Å². The number of nitrogens with two attached hydrogens (primary N) is 1. The molecule has 0 spiro atoms. The smallest absolute Gasteiger partial charge is 0.131 e. The van der Waals surface area contributed by atoms with Crippen LogP contribution in [0.4, 0.5) is 10.2 Å². The molecule has 2 rings (SSSR count). The van der Waals surface area contributed by atoms with Gasteiger partial charge in [0.25, 0.3) is 0 Å². The van der Waals surface area contributed by atoms with Crippen LogP contribution >= 0.6 is 11.8 Å². The van der Waals surface area contributed by atoms with Gasteiger partial charge in [-0.1, -0.05) is 24.8 Å². The van der Waals surface area contributed by atoms with Crippen molar-refractivity contribution in [2.75, 3.05) is 5.73 Å². The molecule has 0 radical (unpaired) electrons. The van der Waals surface area contributed by atoms with Gasteiger partial charge in [-0.15, -0.1) is 0 Å². The van der Waals surface area contributed by atoms with Crippen molar-refractivity contribution in [3.05, 3.63) is 42.0 Å². The molecule has 0 bridgehead atoms. The Morgan fingerprint density at radius 1 is 1.29 bits per heavy atom. The highest BCUT2D eigenvalue weighted by molar-refractivity contribution is 7.99. The molecule has 17 heavy (non-hydrogen) atoms. The van der Waals surface area contributed by atoms with Crippen LogP contribution in [0.15, 0.2) is 40.3 Å². The van der Waals surface area contributed by atoms with E-state index < -0.39 is 0 Å². The molecule has 0 atom stereocenters. The molecule has 0 unspecified atom stereocenters. The Hall–Kier alpha value is -1.62. The maximum Gasteiger partial charge on any atom is 0.131 e. The molecule has 0 saturated heterocycles. The van der Waals surface area contributed by atoms with E-state index in [1.807, 2.05) is 13.0 Å². The van der Waals surface area contributed by atoms with Gasteiger partial charge in [-0.05, 0) is 18.2 Å². The minimum Gasteiger partial charge on any atom is -0.384 e. The third-order valence-electron chi connectivity index (χ3n) is 2.10. The molecule has 1 heterocycles. The van der Waals surface area contributed by atoms with Gasteiger partial charge in [-0.25, -0.2) is 14.4 Å². The van der Waals surface area contributed by atoms with Crippen LogP contribution in [0.1, 0.15) is 12.7 Å². The van der Waals surface area contributed by atoms with Crippen molar-refractivity contribution in [1.29, 1.82) is 0 Å². The Morgan fingerprint density at radius 3 is 2.82 bits per heavy atom. The minimum absolute atomic E-state index is 0.257. The van der Waals surface area contributed by atoms with E-state index in [4.69, 9.17) is 5.73 Å². The summed E-state index contributed by atoms with van der Waals surface area (Å²) in [6.07, 6.45) is 0.724. The number of nitrogens with zero attached hydrogens (tertiary/aromatic N) is 2. The van der Waals surface area contributed by atoms with Gasteiger partial charge in [0, 0.05) is 17.4 Å². The summed E-state index contributed by atoms with van der Waals surface area (Å²) in [7, 11) is 0. The topological polar surface area (TPSA) is 51.8 Å². The maximum absolute atomic E-state index is 13.0. The molecule has 0 aliphatic rings. The summed E-state index contributed by atoms with van der Waals surface area (Å²) < 4.78 is 13.0. The first-order valence-corrected chi connectivity index (χ1v) is 6.06. The number of aryl methyl sites for hydroxylation is 1. The summed E-state index contributed by atoms with van der Waals surface area (Å²) >= 11 is 1.37. The average molecular weight is 249 g/mol. The Bertz CT molecular complexity index is 531. The van der Waals surface area contributed by atoms with Crippen LogP contribution in [0.3, 0.4) is 0 Å². The Kier molecular flexibility index (Phi) is 3.58. The van der Waals surface area contributed by atoms with Gasteiger partial charge >= 0.3 is 0 Å². The van der Waals surface area contributed by atoms with Gasteiger partial charge in [-0.2, -0.15) is 0 Å². The predicted octanol–water partition coefficient (Wildman–Crippen LogP) is 2.91. The molecular formula is C12H12FN3S. The zero-order chi connectivity index (χ0) is 12.3. The fourth-order valence-electron chi connectivity index (χ4n) is 1.35. The highest BCUT2D eigenvalue weighted by Gasteiger charge is 2.04. The van der Waals surface area contributed by atoms with Crippen molar-refractivity contribution >= 4 is 17.6 Å². The Labute approximate surface area is 103 Å². The van der Waals surface area contributed by atoms with Gasteiger partial charge in [0.15, 0.2) is 0 Å². The lowest BCUT2D eigenvalue weighted by molar-refractivity contribution is 0.624. The fourth-order valence-corrected chi connectivity index (χ4v) is 2.24. The largest absolute Gasteiger partial charge is 0.384 e. The number of halogens is 1. The van der Waals surface area contributed by atoms with Crippen LogP contribution in [0, 0.1) is 5.82 Å². The molecular weight excluding hydrogens is 237 g/mol. The molecule has 0 saturated carbocycles. The third-order valence-corrected chi connectivity index (χ3v) is 3.01. The second-order valence-electron chi connectivity index (χ2n) is 3.46. The standard InChI is InChI=1S/C12H12FN3S/c1-2-11-15-10(14)7-12(16-11)17-9-5-3-4-8(13)6-9/h3-7H,2H2,1H3,(H2,14,15,16). The second kappa shape index (κ2) is 5.14. The van der Waals surface area contributed by atoms with Crippen molar-refractivity contribution in [3.63, 3.8) is 0 Å². The molecule has 1 aromatic carbocycles. The summed E-state index contributed by atoms with van der Waals surface area (Å²) in [5.74, 6) is 0.882. The van der Waals surface area contributed by atoms with Crippen LogP contribution < -0.4 is 5.73 Å². The molecule has 0 amide bonds. The monoisotopic (exact) mass is 249 g/mol. The summed E-state index contributed by atoms with van der Waals surface area (Å²) in [5, 5.41) is 0.736. The zero-order valence-corrected chi connectivity index (χ0v) is 10.2. The molecule has 0 aliphatic heterocycles. The van der Waals surface area contributed by atoms with Gasteiger partial charge < -0.3 is 5.73 Å². The number of benzene rings is 1. The SMILES string of the molecule is CCc1nc(N)cc(Sc2cccc(F)c2)n1. The molecule has 0 fully saturated rings. The van der Waals surface area contributed by atoms with Gasteiger partial charge in [0.05, 0.1) is 0 Å². The van der Waals surface area contributed by atoms with E-state index >= 15 is 0 Å². The summed E-state index contributed by atoms with van der Waals surface area (Å²) in [5.41, 5.74) is 5.68. The van der Waals surface area contributed by atoms with Crippen molar-refractivity contribution in [3.8, 4) is 0 Å². The maximum atomic E-state index is 13.0. The van der Waals surface area contributed by atoms with Gasteiger partial charge in [-0.3, -0.25) is 0 Å². The van der Waals surface area contributed by atoms with Crippen molar-refractivity contribution in [2.45, 2.75) is 23.3 Å². The average Bonchev–Trinajstić information content (AvgIpc) is 2.28. The van der Waals surface area contributed by atoms with Gasteiger partial charge in [0.1, 0.15) is 22.5 Å². The van der Waals surface area contributed by atoms with Crippen molar-refractivity contribution < 1.29 is 4.39 Å². The Balaban J connectivity index is 2.26. The molecule has 2 aromatic rings. The first-order valence-electron chi connectivity index (χ1n) is 5.24. The highest BCUT2D eigenvalue weighted by Crippen LogP contribution is 2.27. The van der Waals surface area contributed by atoms with E-state index in [1.165, 1.54) is 23.9 Å². The molecule has 2 N–H and O–H groups in total. The molecule has 5 heteroatoms. The number of nitrogen functional groups attached to an aromatic ring is 1. The highest BCUT2D eigenvalue weighted by atomic mass is 32.2. The van der Waals surface area contributed by atoms with Crippen molar-refractivity contribution in [2.24, 2.45) is 0 Å². The van der Waals surface area contributed by atoms with E-state index in [-0.39, 0.29) is 5.82 Å². The Morgan fingerprint density at radius 2 is 2.12 bits per heavy atom. The number of aromatic nitrogens is 2. The summed E-state index contributed by atoms with van der Waals surface area (Å²) in [6.45, 7) is 1.96. The number of rotatable bonds is 3. The normalized spacial score (nSPS) is 10.5. The van der Waals surface area contributed by atoms with E-state index in [2.05, 4.69) is 9.97 Å². The van der Waals surface area contributed by atoms with E-state index in [1.54, 1.807) is 12.1 Å². The van der Waals surface area contributed by atoms with Crippen LogP contribution in [0.5, 0.6) is 0 Å². The third kappa shape index (κ3) is 3.17. The molecule has 1 aromatic heterocycles. The molecule has 3 nitrogen and oxygen atoms in total. The predicted molar refractivity (Wildman–Crippen MR) is 66.3 cm³/mol. The van der Waals surface area contributed by atoms with Crippen LogP contribution in [-0.2, 0) is 6.42 Å². The lowest BCUT2D eigenvalue weighted by Crippen LogP contribution is -1.99. The summed E-state index contributed by atoms with van der Waals surface area (Å²) in [4.78, 5) is 9.21. The van der Waals surface area contributed by atoms with E-state index in [0.717, 1.165) is 16.3 Å². The quantitative estimate of drug-likeness (QED) is 0.850. The number of anilines is 1. The van der Waals surface area contributed by atoms with Crippen LogP contribution in [0.25, 0.3) is 0 Å². The summed E-state index contributed by atoms with van der Waals surface area (Å²) in [6, 6.07) is 8.07.